The Hall–Kier alpha value is -2.63. The van der Waals surface area contributed by atoms with Crippen LogP contribution >= 0.6 is 22.9 Å². The van der Waals surface area contributed by atoms with E-state index in [0.717, 1.165) is 0 Å². The molecule has 6 heteroatoms. The summed E-state index contributed by atoms with van der Waals surface area (Å²) in [5.41, 5.74) is 1.62. The minimum Gasteiger partial charge on any atom is -0.322 e. The second-order valence-electron chi connectivity index (χ2n) is 4.98. The van der Waals surface area contributed by atoms with E-state index in [1.54, 1.807) is 54.6 Å². The molecule has 0 saturated carbocycles. The van der Waals surface area contributed by atoms with Crippen LogP contribution in [0.1, 0.15) is 20.0 Å². The van der Waals surface area contributed by atoms with Crippen molar-refractivity contribution in [1.29, 1.82) is 0 Å². The Morgan fingerprint density at radius 1 is 0.833 bits per heavy atom. The molecule has 3 aromatic rings. The van der Waals surface area contributed by atoms with Crippen molar-refractivity contribution in [2.75, 3.05) is 10.6 Å². The van der Waals surface area contributed by atoms with Crippen LogP contribution in [0.5, 0.6) is 0 Å². The van der Waals surface area contributed by atoms with E-state index in [1.807, 2.05) is 11.4 Å². The summed E-state index contributed by atoms with van der Waals surface area (Å²) in [7, 11) is 0. The van der Waals surface area contributed by atoms with Crippen molar-refractivity contribution in [2.24, 2.45) is 0 Å². The molecule has 0 bridgehead atoms. The topological polar surface area (TPSA) is 58.2 Å². The molecule has 0 radical (unpaired) electrons. The van der Waals surface area contributed by atoms with Gasteiger partial charge in [0, 0.05) is 22.0 Å². The monoisotopic (exact) mass is 356 g/mol. The molecule has 0 aliphatic heterocycles. The molecule has 0 spiro atoms. The first kappa shape index (κ1) is 16.2. The molecule has 0 aliphatic rings. The molecule has 4 nitrogen and oxygen atoms in total. The highest BCUT2D eigenvalue weighted by Gasteiger charge is 2.10. The Morgan fingerprint density at radius 3 is 2.25 bits per heavy atom. The molecule has 0 saturated heterocycles. The van der Waals surface area contributed by atoms with E-state index in [2.05, 4.69) is 10.6 Å². The van der Waals surface area contributed by atoms with Crippen LogP contribution in [0.15, 0.2) is 66.0 Å². The zero-order valence-corrected chi connectivity index (χ0v) is 14.0. The van der Waals surface area contributed by atoms with Gasteiger partial charge in [-0.15, -0.1) is 11.3 Å². The minimum atomic E-state index is -0.274. The van der Waals surface area contributed by atoms with Crippen molar-refractivity contribution < 1.29 is 9.59 Å². The predicted molar refractivity (Wildman–Crippen MR) is 98.1 cm³/mol. The lowest BCUT2D eigenvalue weighted by Gasteiger charge is -2.08. The maximum Gasteiger partial charge on any atom is 0.265 e. The smallest absolute Gasteiger partial charge is 0.265 e. The van der Waals surface area contributed by atoms with E-state index in [0.29, 0.717) is 26.8 Å². The first-order valence-corrected chi connectivity index (χ1v) is 8.39. The predicted octanol–water partition coefficient (Wildman–Crippen LogP) is 4.91. The van der Waals surface area contributed by atoms with Crippen LogP contribution in [0.4, 0.5) is 11.4 Å². The second kappa shape index (κ2) is 7.29. The van der Waals surface area contributed by atoms with Gasteiger partial charge in [0.15, 0.2) is 0 Å². The maximum absolute atomic E-state index is 12.3. The minimum absolute atomic E-state index is 0.197. The fraction of sp³-hybridized carbons (Fsp3) is 0. The zero-order valence-electron chi connectivity index (χ0n) is 12.5. The molecule has 0 unspecified atom stereocenters. The van der Waals surface area contributed by atoms with Gasteiger partial charge in [0.05, 0.1) is 4.88 Å². The molecule has 2 N–H and O–H groups in total. The lowest BCUT2D eigenvalue weighted by Crippen LogP contribution is -2.14. The van der Waals surface area contributed by atoms with Gasteiger partial charge in [-0.3, -0.25) is 9.59 Å². The van der Waals surface area contributed by atoms with Crippen molar-refractivity contribution in [3.8, 4) is 0 Å². The molecule has 2 aromatic carbocycles. The van der Waals surface area contributed by atoms with Crippen molar-refractivity contribution in [3.63, 3.8) is 0 Å². The van der Waals surface area contributed by atoms with Gasteiger partial charge in [0.2, 0.25) is 0 Å². The molecular weight excluding hydrogens is 344 g/mol. The summed E-state index contributed by atoms with van der Waals surface area (Å²) in [5.74, 6) is -0.470. The SMILES string of the molecule is O=C(Nc1cccc(Cl)c1)c1cccc(NC(=O)c2cccs2)c1. The number of nitrogens with one attached hydrogen (secondary N) is 2. The highest BCUT2D eigenvalue weighted by Crippen LogP contribution is 2.18. The lowest BCUT2D eigenvalue weighted by atomic mass is 10.1. The fourth-order valence-electron chi connectivity index (χ4n) is 2.11. The standard InChI is InChI=1S/C18H13ClN2O2S/c19-13-5-2-7-15(11-13)20-17(22)12-4-1-6-14(10-12)21-18(23)16-8-3-9-24-16/h1-11H,(H,20,22)(H,21,23). The van der Waals surface area contributed by atoms with E-state index in [-0.39, 0.29) is 11.8 Å². The third-order valence-electron chi connectivity index (χ3n) is 3.21. The molecule has 0 aliphatic carbocycles. The molecule has 2 amide bonds. The normalized spacial score (nSPS) is 10.2. The zero-order chi connectivity index (χ0) is 16.9. The van der Waals surface area contributed by atoms with Crippen LogP contribution in [0.2, 0.25) is 5.02 Å². The van der Waals surface area contributed by atoms with Gasteiger partial charge in [0.25, 0.3) is 11.8 Å². The lowest BCUT2D eigenvalue weighted by molar-refractivity contribution is 0.101. The number of anilines is 2. The second-order valence-corrected chi connectivity index (χ2v) is 6.36. The van der Waals surface area contributed by atoms with Crippen LogP contribution in [-0.2, 0) is 0 Å². The number of halogens is 1. The Labute approximate surface area is 148 Å². The van der Waals surface area contributed by atoms with Crippen LogP contribution in [0, 0.1) is 0 Å². The first-order chi connectivity index (χ1) is 11.6. The van der Waals surface area contributed by atoms with Gasteiger partial charge in [-0.2, -0.15) is 0 Å². The average Bonchev–Trinajstić information content (AvgIpc) is 3.10. The van der Waals surface area contributed by atoms with Crippen LogP contribution in [-0.4, -0.2) is 11.8 Å². The summed E-state index contributed by atoms with van der Waals surface area (Å²) in [6.45, 7) is 0. The van der Waals surface area contributed by atoms with Crippen molar-refractivity contribution >= 4 is 46.1 Å². The Morgan fingerprint density at radius 2 is 1.54 bits per heavy atom. The fourth-order valence-corrected chi connectivity index (χ4v) is 2.92. The molecule has 3 rings (SSSR count). The number of thiophene rings is 1. The number of rotatable bonds is 4. The van der Waals surface area contributed by atoms with Crippen LogP contribution < -0.4 is 10.6 Å². The van der Waals surface area contributed by atoms with Gasteiger partial charge in [0.1, 0.15) is 0 Å². The average molecular weight is 357 g/mol. The Bertz CT molecular complexity index is 878. The van der Waals surface area contributed by atoms with Crippen molar-refractivity contribution in [1.82, 2.24) is 0 Å². The van der Waals surface area contributed by atoms with Crippen LogP contribution in [0.3, 0.4) is 0 Å². The summed E-state index contributed by atoms with van der Waals surface area (Å²) in [4.78, 5) is 25.0. The highest BCUT2D eigenvalue weighted by atomic mass is 35.5. The Kier molecular flexibility index (Phi) is 4.93. The van der Waals surface area contributed by atoms with E-state index < -0.39 is 0 Å². The molecule has 1 heterocycles. The van der Waals surface area contributed by atoms with Crippen molar-refractivity contribution in [3.05, 3.63) is 81.5 Å². The van der Waals surface area contributed by atoms with E-state index in [9.17, 15) is 9.59 Å². The maximum atomic E-state index is 12.3. The van der Waals surface area contributed by atoms with Crippen LogP contribution in [0.25, 0.3) is 0 Å². The van der Waals surface area contributed by atoms with Gasteiger partial charge in [-0.25, -0.2) is 0 Å². The summed E-state index contributed by atoms with van der Waals surface area (Å²) in [6, 6.07) is 17.2. The molecule has 0 atom stereocenters. The molecule has 24 heavy (non-hydrogen) atoms. The quantitative estimate of drug-likeness (QED) is 0.698. The third-order valence-corrected chi connectivity index (χ3v) is 4.31. The number of amides is 2. The van der Waals surface area contributed by atoms with E-state index in [1.165, 1.54) is 11.3 Å². The van der Waals surface area contributed by atoms with Gasteiger partial charge < -0.3 is 10.6 Å². The molecule has 120 valence electrons. The first-order valence-electron chi connectivity index (χ1n) is 7.14. The number of benzene rings is 2. The van der Waals surface area contributed by atoms with E-state index >= 15 is 0 Å². The van der Waals surface area contributed by atoms with Gasteiger partial charge in [-0.05, 0) is 47.8 Å². The molecule has 0 fully saturated rings. The Balaban J connectivity index is 1.72. The summed E-state index contributed by atoms with van der Waals surface area (Å²) in [6.07, 6.45) is 0. The molecule has 1 aromatic heterocycles. The molecular formula is C18H13ClN2O2S. The van der Waals surface area contributed by atoms with Crippen molar-refractivity contribution in [2.45, 2.75) is 0 Å². The number of hydrogen-bond donors (Lipinski definition) is 2. The summed E-state index contributed by atoms with van der Waals surface area (Å²) in [5, 5.41) is 7.94. The van der Waals surface area contributed by atoms with Gasteiger partial charge in [-0.1, -0.05) is 29.8 Å². The summed E-state index contributed by atoms with van der Waals surface area (Å²) < 4.78 is 0. The van der Waals surface area contributed by atoms with Gasteiger partial charge >= 0.3 is 0 Å². The number of hydrogen-bond acceptors (Lipinski definition) is 3. The third kappa shape index (κ3) is 4.01. The number of carbonyl (C=O) groups excluding carboxylic acids is 2. The summed E-state index contributed by atoms with van der Waals surface area (Å²) >= 11 is 7.27. The number of carbonyl (C=O) groups is 2. The largest absolute Gasteiger partial charge is 0.322 e. The van der Waals surface area contributed by atoms with E-state index in [4.69, 9.17) is 11.6 Å². The highest BCUT2D eigenvalue weighted by molar-refractivity contribution is 7.12.